The first-order valence-corrected chi connectivity index (χ1v) is 3.55. The van der Waals surface area contributed by atoms with E-state index < -0.39 is 0 Å². The van der Waals surface area contributed by atoms with Gasteiger partial charge in [-0.2, -0.15) is 0 Å². The molecule has 58 valence electrons. The van der Waals surface area contributed by atoms with Crippen molar-refractivity contribution in [3.05, 3.63) is 41.2 Å². The third-order valence-electron chi connectivity index (χ3n) is 1.87. The van der Waals surface area contributed by atoms with E-state index in [9.17, 15) is 4.39 Å². The summed E-state index contributed by atoms with van der Waals surface area (Å²) >= 11 is 0. The molecule has 0 spiro atoms. The molecule has 0 aliphatic heterocycles. The van der Waals surface area contributed by atoms with Crippen LogP contribution in [0.4, 0.5) is 4.39 Å². The van der Waals surface area contributed by atoms with Crippen molar-refractivity contribution in [2.45, 2.75) is 13.8 Å². The molecule has 0 saturated carbocycles. The molecule has 1 aromatic rings. The molecular weight excluding hydrogens is 139 g/mol. The normalized spacial score (nSPS) is 9.73. The van der Waals surface area contributed by atoms with Gasteiger partial charge in [-0.25, -0.2) is 4.39 Å². The van der Waals surface area contributed by atoms with Crippen LogP contribution in [0.3, 0.4) is 0 Å². The molecule has 11 heavy (non-hydrogen) atoms. The lowest BCUT2D eigenvalue weighted by molar-refractivity contribution is 0.617. The van der Waals surface area contributed by atoms with Crippen LogP contribution in [0.1, 0.15) is 16.7 Å². The highest BCUT2D eigenvalue weighted by molar-refractivity contribution is 5.55. The van der Waals surface area contributed by atoms with E-state index in [1.807, 2.05) is 6.92 Å². The highest BCUT2D eigenvalue weighted by Crippen LogP contribution is 2.17. The number of hydrogen-bond donors (Lipinski definition) is 0. The summed E-state index contributed by atoms with van der Waals surface area (Å²) in [5, 5.41) is 0. The van der Waals surface area contributed by atoms with Gasteiger partial charge in [0.05, 0.1) is 0 Å². The quantitative estimate of drug-likeness (QED) is 0.577. The van der Waals surface area contributed by atoms with Crippen molar-refractivity contribution in [1.82, 2.24) is 0 Å². The van der Waals surface area contributed by atoms with Gasteiger partial charge in [0.25, 0.3) is 0 Å². The van der Waals surface area contributed by atoms with Crippen LogP contribution >= 0.6 is 0 Å². The average molecular weight is 150 g/mol. The molecular formula is C10H11F. The molecule has 1 aromatic carbocycles. The van der Waals surface area contributed by atoms with Gasteiger partial charge in [-0.1, -0.05) is 18.7 Å². The smallest absolute Gasteiger partial charge is 0.126 e. The van der Waals surface area contributed by atoms with Crippen LogP contribution in [0.25, 0.3) is 6.08 Å². The molecule has 0 fully saturated rings. The lowest BCUT2D eigenvalue weighted by Gasteiger charge is -2.04. The van der Waals surface area contributed by atoms with Crippen LogP contribution in [-0.4, -0.2) is 0 Å². The van der Waals surface area contributed by atoms with Crippen LogP contribution < -0.4 is 0 Å². The van der Waals surface area contributed by atoms with Crippen molar-refractivity contribution < 1.29 is 4.39 Å². The van der Waals surface area contributed by atoms with Gasteiger partial charge in [-0.3, -0.25) is 0 Å². The fourth-order valence-electron chi connectivity index (χ4n) is 1.15. The van der Waals surface area contributed by atoms with E-state index >= 15 is 0 Å². The van der Waals surface area contributed by atoms with Gasteiger partial charge in [0.2, 0.25) is 0 Å². The van der Waals surface area contributed by atoms with Crippen LogP contribution in [0, 0.1) is 19.7 Å². The molecule has 0 atom stereocenters. The van der Waals surface area contributed by atoms with Gasteiger partial charge in [-0.15, -0.1) is 0 Å². The summed E-state index contributed by atoms with van der Waals surface area (Å²) in [7, 11) is 0. The molecule has 1 rings (SSSR count). The Kier molecular flexibility index (Phi) is 2.08. The SMILES string of the molecule is C=Cc1c(C)ccc(F)c1C. The van der Waals surface area contributed by atoms with E-state index in [4.69, 9.17) is 0 Å². The van der Waals surface area contributed by atoms with Crippen molar-refractivity contribution >= 4 is 6.08 Å². The summed E-state index contributed by atoms with van der Waals surface area (Å²) in [5.41, 5.74) is 2.66. The Balaban J connectivity index is 3.40. The highest BCUT2D eigenvalue weighted by atomic mass is 19.1. The zero-order valence-corrected chi connectivity index (χ0v) is 6.82. The molecule has 0 radical (unpaired) electrons. The summed E-state index contributed by atoms with van der Waals surface area (Å²) in [6.45, 7) is 7.34. The van der Waals surface area contributed by atoms with Crippen molar-refractivity contribution in [3.8, 4) is 0 Å². The lowest BCUT2D eigenvalue weighted by Crippen LogP contribution is -1.89. The van der Waals surface area contributed by atoms with Gasteiger partial charge < -0.3 is 0 Å². The highest BCUT2D eigenvalue weighted by Gasteiger charge is 2.02. The number of hydrogen-bond acceptors (Lipinski definition) is 0. The maximum absolute atomic E-state index is 12.9. The molecule has 0 aromatic heterocycles. The molecule has 0 amide bonds. The van der Waals surface area contributed by atoms with E-state index in [0.29, 0.717) is 5.56 Å². The lowest BCUT2D eigenvalue weighted by atomic mass is 10.0. The minimum Gasteiger partial charge on any atom is -0.207 e. The summed E-state index contributed by atoms with van der Waals surface area (Å²) < 4.78 is 12.9. The first-order valence-electron chi connectivity index (χ1n) is 3.55. The first kappa shape index (κ1) is 7.99. The van der Waals surface area contributed by atoms with Crippen LogP contribution in [0.5, 0.6) is 0 Å². The van der Waals surface area contributed by atoms with E-state index in [1.165, 1.54) is 6.07 Å². The Morgan fingerprint density at radius 2 is 2.00 bits per heavy atom. The molecule has 1 heteroatoms. The maximum atomic E-state index is 12.9. The molecule has 0 heterocycles. The van der Waals surface area contributed by atoms with Gasteiger partial charge in [0.15, 0.2) is 0 Å². The van der Waals surface area contributed by atoms with Crippen LogP contribution in [-0.2, 0) is 0 Å². The van der Waals surface area contributed by atoms with Crippen molar-refractivity contribution in [1.29, 1.82) is 0 Å². The number of aryl methyl sites for hydroxylation is 1. The van der Waals surface area contributed by atoms with E-state index in [1.54, 1.807) is 19.1 Å². The Hall–Kier alpha value is -1.11. The van der Waals surface area contributed by atoms with Crippen molar-refractivity contribution in [3.63, 3.8) is 0 Å². The molecule has 0 aliphatic carbocycles. The van der Waals surface area contributed by atoms with Gasteiger partial charge in [-0.05, 0) is 36.6 Å². The fourth-order valence-corrected chi connectivity index (χ4v) is 1.15. The third-order valence-corrected chi connectivity index (χ3v) is 1.87. The summed E-state index contributed by atoms with van der Waals surface area (Å²) in [5.74, 6) is -0.162. The molecule has 0 bridgehead atoms. The standard InChI is InChI=1S/C10H11F/c1-4-9-7(2)5-6-10(11)8(9)3/h4-6H,1H2,2-3H3. The molecule has 0 nitrogen and oxygen atoms in total. The van der Waals surface area contributed by atoms with E-state index in [0.717, 1.165) is 11.1 Å². The predicted molar refractivity (Wildman–Crippen MR) is 46.0 cm³/mol. The largest absolute Gasteiger partial charge is 0.207 e. The number of benzene rings is 1. The monoisotopic (exact) mass is 150 g/mol. The molecule has 0 N–H and O–H groups in total. The minimum atomic E-state index is -0.162. The van der Waals surface area contributed by atoms with Crippen LogP contribution in [0.2, 0.25) is 0 Å². The van der Waals surface area contributed by atoms with E-state index in [-0.39, 0.29) is 5.82 Å². The van der Waals surface area contributed by atoms with Crippen LogP contribution in [0.15, 0.2) is 18.7 Å². The summed E-state index contributed by atoms with van der Waals surface area (Å²) in [6.07, 6.45) is 1.69. The van der Waals surface area contributed by atoms with Crippen molar-refractivity contribution in [2.75, 3.05) is 0 Å². The second kappa shape index (κ2) is 2.87. The Bertz CT molecular complexity index is 287. The molecule has 0 saturated heterocycles. The van der Waals surface area contributed by atoms with E-state index in [2.05, 4.69) is 6.58 Å². The molecule has 0 aliphatic rings. The Morgan fingerprint density at radius 3 is 2.45 bits per heavy atom. The maximum Gasteiger partial charge on any atom is 0.126 e. The summed E-state index contributed by atoms with van der Waals surface area (Å²) in [4.78, 5) is 0. The molecule has 0 unspecified atom stereocenters. The van der Waals surface area contributed by atoms with Gasteiger partial charge in [0, 0.05) is 0 Å². The minimum absolute atomic E-state index is 0.162. The second-order valence-corrected chi connectivity index (χ2v) is 2.61. The second-order valence-electron chi connectivity index (χ2n) is 2.61. The fraction of sp³-hybridized carbons (Fsp3) is 0.200. The van der Waals surface area contributed by atoms with Gasteiger partial charge >= 0.3 is 0 Å². The zero-order valence-electron chi connectivity index (χ0n) is 6.82. The predicted octanol–water partition coefficient (Wildman–Crippen LogP) is 3.09. The summed E-state index contributed by atoms with van der Waals surface area (Å²) in [6, 6.07) is 3.25. The van der Waals surface area contributed by atoms with Gasteiger partial charge in [0.1, 0.15) is 5.82 Å². The topological polar surface area (TPSA) is 0 Å². The average Bonchev–Trinajstić information content (AvgIpc) is 1.99. The van der Waals surface area contributed by atoms with Crippen molar-refractivity contribution in [2.24, 2.45) is 0 Å². The number of halogens is 1. The Morgan fingerprint density at radius 1 is 1.36 bits per heavy atom. The number of rotatable bonds is 1. The Labute approximate surface area is 66.4 Å². The first-order chi connectivity index (χ1) is 5.16. The zero-order chi connectivity index (χ0) is 8.43. The third kappa shape index (κ3) is 1.32.